The van der Waals surface area contributed by atoms with Gasteiger partial charge in [0.15, 0.2) is 11.0 Å². The zero-order valence-corrected chi connectivity index (χ0v) is 18.5. The topological polar surface area (TPSA) is 98.3 Å². The molecule has 3 N–H and O–H groups in total. The monoisotopic (exact) mass is 466 g/mol. The number of fused-ring (bicyclic) bond motifs is 2. The van der Waals surface area contributed by atoms with E-state index in [4.69, 9.17) is 16.9 Å². The van der Waals surface area contributed by atoms with Crippen molar-refractivity contribution in [2.75, 3.05) is 18.6 Å². The number of aromatic nitrogens is 3. The predicted octanol–water partition coefficient (Wildman–Crippen LogP) is 3.92. The zero-order valence-electron chi connectivity index (χ0n) is 17.7. The van der Waals surface area contributed by atoms with Crippen molar-refractivity contribution in [2.24, 2.45) is 16.6 Å². The Hall–Kier alpha value is -3.45. The van der Waals surface area contributed by atoms with E-state index >= 15 is 0 Å². The van der Waals surface area contributed by atoms with Gasteiger partial charge in [-0.1, -0.05) is 17.7 Å². The smallest absolute Gasteiger partial charge is 0.160 e. The SMILES string of the molecule is C#CCOc1cnc2c(Nc3ccc(F)c([C@@]4(C)N=C(N)S[C@@]5(CF)C[C@H]54)c3)ncnc2c1. The highest BCUT2D eigenvalue weighted by Crippen LogP contribution is 2.66. The Morgan fingerprint density at radius 3 is 2.97 bits per heavy atom. The number of nitrogens with one attached hydrogen (secondary N) is 1. The summed E-state index contributed by atoms with van der Waals surface area (Å²) in [5.74, 6) is 2.77. The van der Waals surface area contributed by atoms with E-state index in [0.717, 1.165) is 0 Å². The van der Waals surface area contributed by atoms with Gasteiger partial charge in [0.2, 0.25) is 0 Å². The molecule has 3 aromatic rings. The summed E-state index contributed by atoms with van der Waals surface area (Å²) in [4.78, 5) is 17.5. The van der Waals surface area contributed by atoms with Gasteiger partial charge in [0.25, 0.3) is 0 Å². The van der Waals surface area contributed by atoms with Gasteiger partial charge in [-0.05, 0) is 31.5 Å². The van der Waals surface area contributed by atoms with Crippen LogP contribution in [0.2, 0.25) is 0 Å². The third-order valence-corrected chi connectivity index (χ3v) is 7.39. The largest absolute Gasteiger partial charge is 0.479 e. The normalized spacial score (nSPS) is 25.6. The second-order valence-electron chi connectivity index (χ2n) is 8.23. The second-order valence-corrected chi connectivity index (χ2v) is 9.66. The number of nitrogens with two attached hydrogens (primary N) is 1. The first kappa shape index (κ1) is 21.4. The Bertz CT molecular complexity index is 1330. The Morgan fingerprint density at radius 2 is 2.18 bits per heavy atom. The number of nitrogens with zero attached hydrogens (tertiary/aromatic N) is 4. The minimum absolute atomic E-state index is 0.122. The Balaban J connectivity index is 1.49. The van der Waals surface area contributed by atoms with Crippen molar-refractivity contribution in [1.82, 2.24) is 15.0 Å². The van der Waals surface area contributed by atoms with Gasteiger partial charge in [-0.25, -0.2) is 23.7 Å². The lowest BCUT2D eigenvalue weighted by Crippen LogP contribution is -2.36. The summed E-state index contributed by atoms with van der Waals surface area (Å²) in [6.07, 6.45) is 8.75. The van der Waals surface area contributed by atoms with E-state index in [1.807, 2.05) is 6.92 Å². The Labute approximate surface area is 193 Å². The molecule has 2 aromatic heterocycles. The molecule has 0 saturated heterocycles. The van der Waals surface area contributed by atoms with Gasteiger partial charge in [-0.3, -0.25) is 4.99 Å². The molecule has 0 bridgehead atoms. The van der Waals surface area contributed by atoms with E-state index in [-0.39, 0.29) is 17.7 Å². The fraction of sp³-hybridized carbons (Fsp3) is 0.304. The van der Waals surface area contributed by atoms with E-state index in [9.17, 15) is 8.78 Å². The number of aliphatic imine (C=N–C) groups is 1. The van der Waals surface area contributed by atoms with Crippen LogP contribution < -0.4 is 15.8 Å². The number of thioether (sulfide) groups is 1. The molecule has 2 aliphatic rings. The summed E-state index contributed by atoms with van der Waals surface area (Å²) >= 11 is 1.25. The van der Waals surface area contributed by atoms with Gasteiger partial charge >= 0.3 is 0 Å². The summed E-state index contributed by atoms with van der Waals surface area (Å²) < 4.78 is 33.5. The first-order valence-corrected chi connectivity index (χ1v) is 11.0. The number of amidine groups is 1. The molecular formula is C23H20F2N6OS. The van der Waals surface area contributed by atoms with E-state index < -0.39 is 22.8 Å². The van der Waals surface area contributed by atoms with Crippen LogP contribution in [0, 0.1) is 24.1 Å². The molecule has 3 heterocycles. The zero-order chi connectivity index (χ0) is 23.2. The van der Waals surface area contributed by atoms with Crippen LogP contribution in [0.5, 0.6) is 5.75 Å². The van der Waals surface area contributed by atoms with E-state index in [1.54, 1.807) is 18.2 Å². The number of rotatable bonds is 6. The summed E-state index contributed by atoms with van der Waals surface area (Å²) in [6, 6.07) is 6.34. The highest BCUT2D eigenvalue weighted by Gasteiger charge is 2.66. The van der Waals surface area contributed by atoms with Crippen molar-refractivity contribution < 1.29 is 13.5 Å². The minimum Gasteiger partial charge on any atom is -0.479 e. The van der Waals surface area contributed by atoms with Gasteiger partial charge in [0.1, 0.15) is 36.7 Å². The maximum Gasteiger partial charge on any atom is 0.160 e. The summed E-state index contributed by atoms with van der Waals surface area (Å²) in [6.45, 7) is 1.40. The molecule has 0 radical (unpaired) electrons. The van der Waals surface area contributed by atoms with Crippen molar-refractivity contribution in [3.05, 3.63) is 48.2 Å². The van der Waals surface area contributed by atoms with Gasteiger partial charge in [0, 0.05) is 23.2 Å². The molecule has 1 aliphatic heterocycles. The van der Waals surface area contributed by atoms with Crippen molar-refractivity contribution in [1.29, 1.82) is 0 Å². The molecule has 33 heavy (non-hydrogen) atoms. The first-order chi connectivity index (χ1) is 15.9. The standard InChI is InChI=1S/C23H20F2N6OS/c1-3-6-32-14-8-17-19(27-10-14)20(29-12-28-17)30-13-4-5-16(25)15(7-13)22(2)18-9-23(18,11-24)33-21(26)31-22/h1,4-5,7-8,10,12,18H,6,9,11H2,2H3,(H2,26,31)(H,28,29,30)/t18-,22+,23+/m0/s1. The molecule has 1 aromatic carbocycles. The van der Waals surface area contributed by atoms with Crippen LogP contribution in [0.25, 0.3) is 11.0 Å². The Morgan fingerprint density at radius 1 is 1.33 bits per heavy atom. The highest BCUT2D eigenvalue weighted by atomic mass is 32.2. The molecule has 0 unspecified atom stereocenters. The number of hydrogen-bond donors (Lipinski definition) is 2. The number of hydrogen-bond acceptors (Lipinski definition) is 8. The van der Waals surface area contributed by atoms with E-state index in [1.165, 1.54) is 30.4 Å². The average Bonchev–Trinajstić information content (AvgIpc) is 3.55. The number of terminal acetylenes is 1. The minimum atomic E-state index is -0.960. The van der Waals surface area contributed by atoms with Crippen molar-refractivity contribution in [2.45, 2.75) is 23.6 Å². The molecule has 168 valence electrons. The molecule has 10 heteroatoms. The van der Waals surface area contributed by atoms with E-state index in [2.05, 4.69) is 31.2 Å². The van der Waals surface area contributed by atoms with Crippen LogP contribution >= 0.6 is 11.8 Å². The molecule has 5 rings (SSSR count). The number of pyridine rings is 1. The van der Waals surface area contributed by atoms with Crippen LogP contribution in [-0.2, 0) is 5.54 Å². The number of benzene rings is 1. The number of anilines is 2. The number of halogens is 2. The summed E-state index contributed by atoms with van der Waals surface area (Å²) in [5.41, 5.74) is 7.05. The molecule has 1 fully saturated rings. The third kappa shape index (κ3) is 3.62. The highest BCUT2D eigenvalue weighted by molar-refractivity contribution is 8.15. The molecule has 0 spiro atoms. The molecule has 3 atom stereocenters. The third-order valence-electron chi connectivity index (χ3n) is 6.13. The average molecular weight is 467 g/mol. The van der Waals surface area contributed by atoms with Crippen LogP contribution in [-0.4, -0.2) is 38.1 Å². The molecule has 1 saturated carbocycles. The maximum absolute atomic E-state index is 15.0. The quantitative estimate of drug-likeness (QED) is 0.531. The maximum atomic E-state index is 15.0. The van der Waals surface area contributed by atoms with Crippen LogP contribution in [0.4, 0.5) is 20.3 Å². The summed E-state index contributed by atoms with van der Waals surface area (Å²) in [7, 11) is 0. The van der Waals surface area contributed by atoms with Crippen molar-refractivity contribution in [3.8, 4) is 18.1 Å². The molecule has 1 aliphatic carbocycles. The predicted molar refractivity (Wildman–Crippen MR) is 125 cm³/mol. The van der Waals surface area contributed by atoms with Crippen LogP contribution in [0.15, 0.2) is 41.8 Å². The number of ether oxygens (including phenoxy) is 1. The fourth-order valence-electron chi connectivity index (χ4n) is 4.42. The lowest BCUT2D eigenvalue weighted by Gasteiger charge is -2.33. The van der Waals surface area contributed by atoms with Gasteiger partial charge in [-0.15, -0.1) is 6.42 Å². The van der Waals surface area contributed by atoms with Crippen LogP contribution in [0.1, 0.15) is 18.9 Å². The molecule has 7 nitrogen and oxygen atoms in total. The van der Waals surface area contributed by atoms with Crippen LogP contribution in [0.3, 0.4) is 0 Å². The second kappa shape index (κ2) is 7.85. The number of alkyl halides is 1. The lowest BCUT2D eigenvalue weighted by molar-refractivity contribution is 0.363. The van der Waals surface area contributed by atoms with Gasteiger partial charge in [0.05, 0.1) is 22.0 Å². The molecule has 0 amide bonds. The lowest BCUT2D eigenvalue weighted by atomic mass is 9.85. The summed E-state index contributed by atoms with van der Waals surface area (Å²) in [5, 5.41) is 3.46. The van der Waals surface area contributed by atoms with Crippen molar-refractivity contribution in [3.63, 3.8) is 0 Å². The van der Waals surface area contributed by atoms with Gasteiger partial charge in [-0.2, -0.15) is 0 Å². The van der Waals surface area contributed by atoms with Gasteiger partial charge < -0.3 is 15.8 Å². The van der Waals surface area contributed by atoms with E-state index in [0.29, 0.717) is 40.3 Å². The fourth-order valence-corrected chi connectivity index (χ4v) is 5.75. The Kier molecular flexibility index (Phi) is 5.09. The first-order valence-electron chi connectivity index (χ1n) is 10.2. The molecular weight excluding hydrogens is 446 g/mol. The van der Waals surface area contributed by atoms with Crippen molar-refractivity contribution >= 4 is 39.5 Å².